The summed E-state index contributed by atoms with van der Waals surface area (Å²) in [6, 6.07) is 0. The summed E-state index contributed by atoms with van der Waals surface area (Å²) in [4.78, 5) is 23.1. The number of allylic oxidation sites excluding steroid dienone is 2. The van der Waals surface area contributed by atoms with Gasteiger partial charge in [0.05, 0.1) is 0 Å². The maximum atomic E-state index is 12.0. The number of rotatable bonds is 1. The van der Waals surface area contributed by atoms with Gasteiger partial charge in [-0.3, -0.25) is 9.59 Å². The molecular weight excluding hydrogens is 212 g/mol. The van der Waals surface area contributed by atoms with Gasteiger partial charge in [0.2, 0.25) is 0 Å². The van der Waals surface area contributed by atoms with Crippen molar-refractivity contribution in [3.63, 3.8) is 0 Å². The van der Waals surface area contributed by atoms with Crippen LogP contribution in [0.5, 0.6) is 0 Å². The molecule has 2 aliphatic rings. The SMILES string of the molecule is CC1(C)CCC(=O)C[C@]2(C)CCC(C=O)=C2C1. The van der Waals surface area contributed by atoms with Crippen LogP contribution < -0.4 is 0 Å². The second-order valence-electron chi connectivity index (χ2n) is 6.74. The molecule has 0 spiro atoms. The summed E-state index contributed by atoms with van der Waals surface area (Å²) in [5, 5.41) is 0. The van der Waals surface area contributed by atoms with E-state index < -0.39 is 0 Å². The summed E-state index contributed by atoms with van der Waals surface area (Å²) >= 11 is 0. The van der Waals surface area contributed by atoms with Gasteiger partial charge in [0, 0.05) is 12.8 Å². The van der Waals surface area contributed by atoms with Crippen molar-refractivity contribution in [2.75, 3.05) is 0 Å². The van der Waals surface area contributed by atoms with Crippen molar-refractivity contribution in [1.29, 1.82) is 0 Å². The molecule has 0 aliphatic heterocycles. The van der Waals surface area contributed by atoms with Crippen LogP contribution in [0.4, 0.5) is 0 Å². The van der Waals surface area contributed by atoms with Crippen LogP contribution in [0.25, 0.3) is 0 Å². The van der Waals surface area contributed by atoms with Crippen LogP contribution in [0.3, 0.4) is 0 Å². The van der Waals surface area contributed by atoms with Crippen molar-refractivity contribution < 1.29 is 9.59 Å². The van der Waals surface area contributed by atoms with Crippen LogP contribution >= 0.6 is 0 Å². The van der Waals surface area contributed by atoms with E-state index >= 15 is 0 Å². The quantitative estimate of drug-likeness (QED) is 0.651. The second-order valence-corrected chi connectivity index (χ2v) is 6.74. The summed E-state index contributed by atoms with van der Waals surface area (Å²) in [5.41, 5.74) is 2.34. The molecule has 0 unspecified atom stereocenters. The molecule has 1 fully saturated rings. The van der Waals surface area contributed by atoms with Crippen molar-refractivity contribution in [3.05, 3.63) is 11.1 Å². The number of hydrogen-bond acceptors (Lipinski definition) is 2. The van der Waals surface area contributed by atoms with E-state index in [1.165, 1.54) is 5.57 Å². The first-order chi connectivity index (χ1) is 7.86. The van der Waals surface area contributed by atoms with Crippen LogP contribution in [-0.2, 0) is 9.59 Å². The smallest absolute Gasteiger partial charge is 0.145 e. The molecule has 17 heavy (non-hydrogen) atoms. The third-order valence-corrected chi connectivity index (χ3v) is 4.53. The monoisotopic (exact) mass is 234 g/mol. The third-order valence-electron chi connectivity index (χ3n) is 4.53. The van der Waals surface area contributed by atoms with Crippen LogP contribution in [0.2, 0.25) is 0 Å². The van der Waals surface area contributed by atoms with Gasteiger partial charge in [0.15, 0.2) is 0 Å². The van der Waals surface area contributed by atoms with E-state index in [-0.39, 0.29) is 10.8 Å². The molecule has 1 atom stereocenters. The molecule has 0 aromatic carbocycles. The molecule has 2 rings (SSSR count). The summed E-state index contributed by atoms with van der Waals surface area (Å²) < 4.78 is 0. The van der Waals surface area contributed by atoms with Crippen molar-refractivity contribution in [2.45, 2.75) is 59.3 Å². The highest BCUT2D eigenvalue weighted by Crippen LogP contribution is 2.51. The first kappa shape index (κ1) is 12.5. The Morgan fingerprint density at radius 3 is 2.41 bits per heavy atom. The van der Waals surface area contributed by atoms with E-state index in [0.29, 0.717) is 18.6 Å². The highest BCUT2D eigenvalue weighted by atomic mass is 16.1. The van der Waals surface area contributed by atoms with Gasteiger partial charge in [-0.2, -0.15) is 0 Å². The molecule has 0 aromatic rings. The van der Waals surface area contributed by atoms with Crippen molar-refractivity contribution in [3.8, 4) is 0 Å². The van der Waals surface area contributed by atoms with E-state index in [2.05, 4.69) is 20.8 Å². The molecule has 0 aromatic heterocycles. The van der Waals surface area contributed by atoms with E-state index in [0.717, 1.165) is 37.5 Å². The minimum atomic E-state index is -0.0367. The van der Waals surface area contributed by atoms with Gasteiger partial charge in [-0.05, 0) is 42.1 Å². The van der Waals surface area contributed by atoms with E-state index in [9.17, 15) is 9.59 Å². The van der Waals surface area contributed by atoms with E-state index in [1.807, 2.05) is 0 Å². The predicted octanol–water partition coefficient (Wildman–Crippen LogP) is 3.45. The Balaban J connectivity index is 2.41. The number of Topliss-reactive ketones (excluding diaryl/α,β-unsaturated/α-hetero) is 1. The summed E-state index contributed by atoms with van der Waals surface area (Å²) in [6.45, 7) is 6.58. The van der Waals surface area contributed by atoms with Gasteiger partial charge in [-0.1, -0.05) is 26.3 Å². The average Bonchev–Trinajstić information content (AvgIpc) is 2.52. The first-order valence-corrected chi connectivity index (χ1v) is 6.56. The normalized spacial score (nSPS) is 33.0. The van der Waals surface area contributed by atoms with Gasteiger partial charge in [0.1, 0.15) is 12.1 Å². The lowest BCUT2D eigenvalue weighted by Gasteiger charge is -2.36. The minimum Gasteiger partial charge on any atom is -0.300 e. The Kier molecular flexibility index (Phi) is 3.01. The van der Waals surface area contributed by atoms with Crippen LogP contribution in [0.15, 0.2) is 11.1 Å². The Labute approximate surface area is 103 Å². The number of carbonyl (C=O) groups is 2. The minimum absolute atomic E-state index is 0.0367. The van der Waals surface area contributed by atoms with Crippen LogP contribution in [0, 0.1) is 10.8 Å². The van der Waals surface area contributed by atoms with E-state index in [1.54, 1.807) is 0 Å². The molecule has 0 N–H and O–H groups in total. The van der Waals surface area contributed by atoms with Gasteiger partial charge in [0.25, 0.3) is 0 Å². The molecule has 0 saturated heterocycles. The standard InChI is InChI=1S/C15H22O2/c1-14(2)6-5-12(17)8-15(3)7-4-11(10-16)13(15)9-14/h10H,4-9H2,1-3H3/t15-/m0/s1. The lowest BCUT2D eigenvalue weighted by Crippen LogP contribution is -2.28. The fraction of sp³-hybridized carbons (Fsp3) is 0.733. The summed E-state index contributed by atoms with van der Waals surface area (Å²) in [6.07, 6.45) is 6.10. The lowest BCUT2D eigenvalue weighted by atomic mass is 9.68. The van der Waals surface area contributed by atoms with E-state index in [4.69, 9.17) is 0 Å². The highest BCUT2D eigenvalue weighted by Gasteiger charge is 2.41. The molecule has 94 valence electrons. The largest absolute Gasteiger partial charge is 0.300 e. The molecular formula is C15H22O2. The van der Waals surface area contributed by atoms with Crippen molar-refractivity contribution >= 4 is 12.1 Å². The zero-order chi connectivity index (χ0) is 12.7. The van der Waals surface area contributed by atoms with Gasteiger partial charge < -0.3 is 0 Å². The van der Waals surface area contributed by atoms with Gasteiger partial charge in [-0.15, -0.1) is 0 Å². The fourth-order valence-electron chi connectivity index (χ4n) is 3.32. The number of carbonyl (C=O) groups excluding carboxylic acids is 2. The molecule has 2 nitrogen and oxygen atoms in total. The second kappa shape index (κ2) is 4.08. The number of aldehydes is 1. The topological polar surface area (TPSA) is 34.1 Å². The zero-order valence-corrected chi connectivity index (χ0v) is 11.1. The molecule has 0 radical (unpaired) electrons. The molecule has 2 heteroatoms. The van der Waals surface area contributed by atoms with Gasteiger partial charge in [-0.25, -0.2) is 0 Å². The molecule has 2 aliphatic carbocycles. The first-order valence-electron chi connectivity index (χ1n) is 6.56. The average molecular weight is 234 g/mol. The maximum absolute atomic E-state index is 12.0. The number of hydrogen-bond donors (Lipinski definition) is 0. The third kappa shape index (κ3) is 2.36. The fourth-order valence-corrected chi connectivity index (χ4v) is 3.32. The van der Waals surface area contributed by atoms with Crippen LogP contribution in [-0.4, -0.2) is 12.1 Å². The Hall–Kier alpha value is -0.920. The Bertz CT molecular complexity index is 390. The molecule has 0 bridgehead atoms. The van der Waals surface area contributed by atoms with Crippen molar-refractivity contribution in [2.24, 2.45) is 10.8 Å². The highest BCUT2D eigenvalue weighted by molar-refractivity contribution is 5.82. The summed E-state index contributed by atoms with van der Waals surface area (Å²) in [7, 11) is 0. The Morgan fingerprint density at radius 1 is 1.06 bits per heavy atom. The number of ketones is 1. The lowest BCUT2D eigenvalue weighted by molar-refractivity contribution is -0.121. The van der Waals surface area contributed by atoms with Crippen LogP contribution in [0.1, 0.15) is 59.3 Å². The molecule has 0 heterocycles. The van der Waals surface area contributed by atoms with Gasteiger partial charge >= 0.3 is 0 Å². The number of fused-ring (bicyclic) bond motifs is 1. The van der Waals surface area contributed by atoms with Crippen molar-refractivity contribution in [1.82, 2.24) is 0 Å². The molecule has 0 amide bonds. The Morgan fingerprint density at radius 2 is 1.76 bits per heavy atom. The maximum Gasteiger partial charge on any atom is 0.145 e. The predicted molar refractivity (Wildman–Crippen MR) is 67.7 cm³/mol. The summed E-state index contributed by atoms with van der Waals surface area (Å²) in [5.74, 6) is 0.366. The molecule has 1 saturated carbocycles. The zero-order valence-electron chi connectivity index (χ0n) is 11.1.